The highest BCUT2D eigenvalue weighted by Gasteiger charge is 2.59. The monoisotopic (exact) mass is 259 g/mol. The highest BCUT2D eigenvalue weighted by Crippen LogP contribution is 2.60. The van der Waals surface area contributed by atoms with Crippen molar-refractivity contribution in [2.45, 2.75) is 44.1 Å². The van der Waals surface area contributed by atoms with E-state index in [-0.39, 0.29) is 5.54 Å². The first-order chi connectivity index (χ1) is 9.14. The van der Waals surface area contributed by atoms with Crippen molar-refractivity contribution < 1.29 is 0 Å². The maximum absolute atomic E-state index is 9.97. The Morgan fingerprint density at radius 1 is 1.00 bits per heavy atom. The summed E-state index contributed by atoms with van der Waals surface area (Å²) in [5.74, 6) is 4.31. The molecule has 1 heterocycles. The largest absolute Gasteiger partial charge is 0.244 e. The third kappa shape index (κ3) is 1.51. The fourth-order valence-corrected chi connectivity index (χ4v) is 6.24. The first kappa shape index (κ1) is 12.2. The van der Waals surface area contributed by atoms with Crippen LogP contribution in [0.1, 0.15) is 38.5 Å². The summed E-state index contributed by atoms with van der Waals surface area (Å²) >= 11 is 0. The molecule has 5 aliphatic rings. The molecule has 4 bridgehead atoms. The van der Waals surface area contributed by atoms with Crippen LogP contribution in [-0.2, 0) is 0 Å². The molecule has 0 radical (unpaired) electrons. The van der Waals surface area contributed by atoms with Gasteiger partial charge in [-0.1, -0.05) is 0 Å². The zero-order valence-corrected chi connectivity index (χ0v) is 12.2. The number of hydrogen-bond donors (Lipinski definition) is 0. The van der Waals surface area contributed by atoms with Crippen molar-refractivity contribution >= 4 is 0 Å². The van der Waals surface area contributed by atoms with Crippen LogP contribution in [0.15, 0.2) is 0 Å². The van der Waals surface area contributed by atoms with E-state index in [2.05, 4.69) is 30.2 Å². The van der Waals surface area contributed by atoms with Crippen LogP contribution >= 0.6 is 0 Å². The summed E-state index contributed by atoms with van der Waals surface area (Å²) in [6, 6.07) is 2.77. The van der Waals surface area contributed by atoms with Crippen LogP contribution in [0.25, 0.3) is 0 Å². The molecule has 0 amide bonds. The van der Waals surface area contributed by atoms with E-state index >= 15 is 0 Å². The van der Waals surface area contributed by atoms with Gasteiger partial charge in [-0.3, -0.25) is 0 Å². The van der Waals surface area contributed by atoms with Gasteiger partial charge in [-0.25, -0.2) is 10.0 Å². The van der Waals surface area contributed by atoms with E-state index in [1.165, 1.54) is 32.1 Å². The number of hydrogen-bond acceptors (Lipinski definition) is 3. The SMILES string of the molecule is CN1CCC(C#N)(C2C3CC4CC(C3)CC2C4)N1C. The molecule has 4 aliphatic carbocycles. The smallest absolute Gasteiger partial charge is 0.126 e. The van der Waals surface area contributed by atoms with Gasteiger partial charge in [-0.05, 0) is 68.1 Å². The molecule has 0 aromatic rings. The molecule has 3 nitrogen and oxygen atoms in total. The summed E-state index contributed by atoms with van der Waals surface area (Å²) in [6.07, 6.45) is 8.20. The number of hydrazine groups is 1. The van der Waals surface area contributed by atoms with Crippen molar-refractivity contribution in [3.8, 4) is 6.07 Å². The van der Waals surface area contributed by atoms with Crippen LogP contribution in [0, 0.1) is 40.9 Å². The quantitative estimate of drug-likeness (QED) is 0.725. The van der Waals surface area contributed by atoms with Gasteiger partial charge in [0.25, 0.3) is 0 Å². The first-order valence-corrected chi connectivity index (χ1v) is 8.00. The van der Waals surface area contributed by atoms with Gasteiger partial charge in [0.05, 0.1) is 6.07 Å². The van der Waals surface area contributed by atoms with Crippen LogP contribution in [-0.4, -0.2) is 36.2 Å². The van der Waals surface area contributed by atoms with Crippen molar-refractivity contribution in [2.75, 3.05) is 20.6 Å². The molecule has 1 unspecified atom stereocenters. The Morgan fingerprint density at radius 2 is 1.58 bits per heavy atom. The van der Waals surface area contributed by atoms with Crippen LogP contribution in [0.3, 0.4) is 0 Å². The number of nitriles is 1. The second kappa shape index (κ2) is 3.96. The third-order valence-corrected chi connectivity index (χ3v) is 6.88. The van der Waals surface area contributed by atoms with Crippen molar-refractivity contribution in [2.24, 2.45) is 29.6 Å². The van der Waals surface area contributed by atoms with Gasteiger partial charge in [0.2, 0.25) is 0 Å². The first-order valence-electron chi connectivity index (χ1n) is 8.00. The molecular weight excluding hydrogens is 234 g/mol. The lowest BCUT2D eigenvalue weighted by molar-refractivity contribution is -0.110. The van der Waals surface area contributed by atoms with Crippen LogP contribution in [0.2, 0.25) is 0 Å². The second-order valence-corrected chi connectivity index (χ2v) is 7.65. The van der Waals surface area contributed by atoms with Gasteiger partial charge < -0.3 is 0 Å². The molecule has 1 atom stereocenters. The second-order valence-electron chi connectivity index (χ2n) is 7.65. The molecule has 104 valence electrons. The Balaban J connectivity index is 1.70. The Hall–Kier alpha value is -0.590. The summed E-state index contributed by atoms with van der Waals surface area (Å²) < 4.78 is 0. The van der Waals surface area contributed by atoms with Gasteiger partial charge in [0, 0.05) is 20.6 Å². The van der Waals surface area contributed by atoms with Crippen molar-refractivity contribution in [1.82, 2.24) is 10.0 Å². The normalized spacial score (nSPS) is 53.6. The summed E-state index contributed by atoms with van der Waals surface area (Å²) in [5, 5.41) is 14.5. The maximum Gasteiger partial charge on any atom is 0.126 e. The Kier molecular flexibility index (Phi) is 2.54. The molecule has 0 spiro atoms. The van der Waals surface area contributed by atoms with Gasteiger partial charge in [-0.2, -0.15) is 5.26 Å². The fourth-order valence-electron chi connectivity index (χ4n) is 6.24. The van der Waals surface area contributed by atoms with Gasteiger partial charge in [0.15, 0.2) is 0 Å². The molecule has 3 heteroatoms. The maximum atomic E-state index is 9.97. The zero-order chi connectivity index (χ0) is 13.2. The van der Waals surface area contributed by atoms with Crippen LogP contribution in [0.5, 0.6) is 0 Å². The summed E-state index contributed by atoms with van der Waals surface area (Å²) in [4.78, 5) is 0. The molecule has 0 aromatic heterocycles. The highest BCUT2D eigenvalue weighted by atomic mass is 15.7. The van der Waals surface area contributed by atoms with E-state index < -0.39 is 0 Å². The average Bonchev–Trinajstić information content (AvgIpc) is 2.67. The van der Waals surface area contributed by atoms with Crippen molar-refractivity contribution in [3.63, 3.8) is 0 Å². The van der Waals surface area contributed by atoms with E-state index in [9.17, 15) is 5.26 Å². The van der Waals surface area contributed by atoms with Crippen molar-refractivity contribution in [3.05, 3.63) is 0 Å². The predicted molar refractivity (Wildman–Crippen MR) is 73.9 cm³/mol. The summed E-state index contributed by atoms with van der Waals surface area (Å²) in [6.45, 7) is 1.05. The molecular formula is C16H25N3. The predicted octanol–water partition coefficient (Wildman–Crippen LogP) is 2.50. The van der Waals surface area contributed by atoms with E-state index in [1.54, 1.807) is 0 Å². The molecule has 1 aliphatic heterocycles. The van der Waals surface area contributed by atoms with E-state index in [1.807, 2.05) is 0 Å². The van der Waals surface area contributed by atoms with Gasteiger partial charge in [-0.15, -0.1) is 0 Å². The minimum atomic E-state index is -0.197. The van der Waals surface area contributed by atoms with Crippen molar-refractivity contribution in [1.29, 1.82) is 5.26 Å². The lowest BCUT2D eigenvalue weighted by Gasteiger charge is -2.58. The molecule has 0 aromatic carbocycles. The average molecular weight is 259 g/mol. The Labute approximate surface area is 116 Å². The topological polar surface area (TPSA) is 30.3 Å². The Morgan fingerprint density at radius 3 is 2.00 bits per heavy atom. The molecule has 19 heavy (non-hydrogen) atoms. The summed E-state index contributed by atoms with van der Waals surface area (Å²) in [5.41, 5.74) is -0.197. The molecule has 5 fully saturated rings. The molecule has 4 saturated carbocycles. The molecule has 5 rings (SSSR count). The standard InChI is InChI=1S/C16H25N3/c1-18-4-3-16(10-17,19(18)2)15-13-6-11-5-12(8-13)9-14(15)7-11/h11-15H,3-9H2,1-2H3. The number of rotatable bonds is 1. The van der Waals surface area contributed by atoms with E-state index in [4.69, 9.17) is 0 Å². The minimum Gasteiger partial charge on any atom is -0.244 e. The lowest BCUT2D eigenvalue weighted by atomic mass is 9.48. The fraction of sp³-hybridized carbons (Fsp3) is 0.938. The lowest BCUT2D eigenvalue weighted by Crippen LogP contribution is -2.59. The zero-order valence-electron chi connectivity index (χ0n) is 12.2. The number of nitrogens with zero attached hydrogens (tertiary/aromatic N) is 3. The molecule has 1 saturated heterocycles. The van der Waals surface area contributed by atoms with Gasteiger partial charge >= 0.3 is 0 Å². The van der Waals surface area contributed by atoms with E-state index in [0.29, 0.717) is 5.92 Å². The highest BCUT2D eigenvalue weighted by molar-refractivity contribution is 5.19. The van der Waals surface area contributed by atoms with Crippen LogP contribution in [0.4, 0.5) is 0 Å². The van der Waals surface area contributed by atoms with Gasteiger partial charge in [0.1, 0.15) is 5.54 Å². The Bertz CT molecular complexity index is 398. The minimum absolute atomic E-state index is 0.197. The van der Waals surface area contributed by atoms with Crippen LogP contribution < -0.4 is 0 Å². The summed E-state index contributed by atoms with van der Waals surface area (Å²) in [7, 11) is 4.27. The van der Waals surface area contributed by atoms with E-state index in [0.717, 1.165) is 36.6 Å². The third-order valence-electron chi connectivity index (χ3n) is 6.88. The molecule has 0 N–H and O–H groups in total.